The normalized spacial score (nSPS) is 11.5. The summed E-state index contributed by atoms with van der Waals surface area (Å²) < 4.78 is 20.4. The molecule has 0 aliphatic heterocycles. The van der Waals surface area contributed by atoms with Gasteiger partial charge >= 0.3 is 0 Å². The lowest BCUT2D eigenvalue weighted by atomic mass is 10.0. The Morgan fingerprint density at radius 3 is 2.76 bits per heavy atom. The number of nitrogens with zero attached hydrogens (tertiary/aromatic N) is 5. The third-order valence-electron chi connectivity index (χ3n) is 6.81. The number of rotatable bonds is 9. The molecule has 0 unspecified atom stereocenters. The van der Waals surface area contributed by atoms with E-state index in [1.807, 2.05) is 55.4 Å². The molecular weight excluding hydrogens is 535 g/mol. The number of aromatic amines is 2. The summed E-state index contributed by atoms with van der Waals surface area (Å²) in [6.07, 6.45) is 5.37. The Balaban J connectivity index is 1.36. The molecule has 0 saturated carbocycles. The smallest absolute Gasteiger partial charge is 0.224 e. The van der Waals surface area contributed by atoms with E-state index < -0.39 is 0 Å². The number of para-hydroxylation sites is 1. The molecule has 1 amide bonds. The van der Waals surface area contributed by atoms with Gasteiger partial charge in [0, 0.05) is 41.7 Å². The van der Waals surface area contributed by atoms with Gasteiger partial charge in [-0.05, 0) is 50.0 Å². The van der Waals surface area contributed by atoms with E-state index in [4.69, 9.17) is 9.72 Å². The van der Waals surface area contributed by atoms with Crippen LogP contribution in [0.15, 0.2) is 67.1 Å². The molecule has 4 heterocycles. The summed E-state index contributed by atoms with van der Waals surface area (Å²) in [6, 6.07) is 14.2. The van der Waals surface area contributed by atoms with Crippen molar-refractivity contribution in [3.8, 4) is 39.7 Å². The van der Waals surface area contributed by atoms with E-state index in [2.05, 4.69) is 30.5 Å². The maximum atomic E-state index is 14.6. The van der Waals surface area contributed by atoms with Crippen molar-refractivity contribution in [3.05, 3.63) is 72.9 Å². The van der Waals surface area contributed by atoms with E-state index in [0.717, 1.165) is 34.1 Å². The second-order valence-corrected chi connectivity index (χ2v) is 10.2. The molecule has 0 saturated heterocycles. The van der Waals surface area contributed by atoms with Crippen LogP contribution in [-0.2, 0) is 4.79 Å². The molecule has 0 radical (unpaired) electrons. The first kappa shape index (κ1) is 27.0. The lowest BCUT2D eigenvalue weighted by molar-refractivity contribution is -0.115. The summed E-state index contributed by atoms with van der Waals surface area (Å²) in [7, 11) is 3.92. The number of anilines is 1. The maximum Gasteiger partial charge on any atom is 0.224 e. The van der Waals surface area contributed by atoms with Gasteiger partial charge in [0.05, 0.1) is 40.3 Å². The van der Waals surface area contributed by atoms with Crippen LogP contribution in [0.4, 0.5) is 10.1 Å². The highest BCUT2D eigenvalue weighted by Crippen LogP contribution is 2.34. The number of amides is 1. The minimum atomic E-state index is -0.383. The van der Waals surface area contributed by atoms with Crippen LogP contribution >= 0.6 is 0 Å². The van der Waals surface area contributed by atoms with Gasteiger partial charge in [0.25, 0.3) is 0 Å². The minimum absolute atomic E-state index is 0.0925. The van der Waals surface area contributed by atoms with Gasteiger partial charge < -0.3 is 19.9 Å². The summed E-state index contributed by atoms with van der Waals surface area (Å²) in [5.41, 5.74) is 6.28. The van der Waals surface area contributed by atoms with E-state index in [-0.39, 0.29) is 11.7 Å². The summed E-state index contributed by atoms with van der Waals surface area (Å²) in [5, 5.41) is 11.2. The lowest BCUT2D eigenvalue weighted by Gasteiger charge is -2.12. The molecule has 10 nitrogen and oxygen atoms in total. The zero-order valence-corrected chi connectivity index (χ0v) is 23.4. The quantitative estimate of drug-likeness (QED) is 0.207. The number of nitrogens with one attached hydrogen (secondary N) is 3. The van der Waals surface area contributed by atoms with Gasteiger partial charge in [0.1, 0.15) is 23.9 Å². The number of carbonyl (C=O) groups excluding carboxylic acids is 1. The summed E-state index contributed by atoms with van der Waals surface area (Å²) >= 11 is 0. The molecule has 6 aromatic rings. The van der Waals surface area contributed by atoms with Crippen molar-refractivity contribution in [3.63, 3.8) is 0 Å². The predicted molar refractivity (Wildman–Crippen MR) is 161 cm³/mol. The lowest BCUT2D eigenvalue weighted by Crippen LogP contribution is -2.19. The molecule has 4 aromatic heterocycles. The van der Waals surface area contributed by atoms with Gasteiger partial charge in [-0.1, -0.05) is 19.1 Å². The number of H-pyrrole nitrogens is 2. The molecular formula is C31H29FN8O2. The molecule has 212 valence electrons. The standard InChI is InChI=1S/C31H29FN8O2/c1-4-28(41)35-21-11-19(15-33-16-21)26-14-24-27(17-34-26)38-39-30(24)31-36-25-7-5-6-23(29(25)37-31)18-10-20(32)13-22(12-18)42-9-8-40(2)3/h5-7,10-17H,4,8-9H2,1-3H3,(H,35,41)(H,36,37)(H,38,39). The number of ether oxygens (including phenoxy) is 1. The van der Waals surface area contributed by atoms with Crippen LogP contribution in [0.5, 0.6) is 5.75 Å². The third kappa shape index (κ3) is 5.54. The molecule has 2 aromatic carbocycles. The number of likely N-dealkylation sites (N-methyl/N-ethyl adjacent to an activating group) is 1. The van der Waals surface area contributed by atoms with Crippen LogP contribution in [-0.4, -0.2) is 68.2 Å². The van der Waals surface area contributed by atoms with E-state index >= 15 is 0 Å². The number of fused-ring (bicyclic) bond motifs is 2. The van der Waals surface area contributed by atoms with Gasteiger partial charge in [0.15, 0.2) is 5.82 Å². The monoisotopic (exact) mass is 564 g/mol. The van der Waals surface area contributed by atoms with Crippen molar-refractivity contribution in [2.45, 2.75) is 13.3 Å². The summed E-state index contributed by atoms with van der Waals surface area (Å²) in [4.78, 5) is 31.0. The molecule has 0 spiro atoms. The first-order chi connectivity index (χ1) is 20.4. The highest BCUT2D eigenvalue weighted by Gasteiger charge is 2.17. The van der Waals surface area contributed by atoms with Crippen LogP contribution in [0.2, 0.25) is 0 Å². The number of halogens is 1. The average Bonchev–Trinajstić information content (AvgIpc) is 3.60. The van der Waals surface area contributed by atoms with Crippen molar-refractivity contribution in [1.82, 2.24) is 35.0 Å². The molecule has 0 aliphatic rings. The molecule has 11 heteroatoms. The minimum Gasteiger partial charge on any atom is -0.492 e. The Labute approximate surface area is 241 Å². The fourth-order valence-electron chi connectivity index (χ4n) is 4.68. The van der Waals surface area contributed by atoms with E-state index in [0.29, 0.717) is 52.8 Å². The van der Waals surface area contributed by atoms with E-state index in [9.17, 15) is 9.18 Å². The topological polar surface area (TPSA) is 125 Å². The van der Waals surface area contributed by atoms with Crippen molar-refractivity contribution in [2.24, 2.45) is 0 Å². The average molecular weight is 565 g/mol. The summed E-state index contributed by atoms with van der Waals surface area (Å²) in [6.45, 7) is 2.96. The van der Waals surface area contributed by atoms with Crippen molar-refractivity contribution in [1.29, 1.82) is 0 Å². The number of benzene rings is 2. The molecule has 0 fully saturated rings. The number of hydrogen-bond donors (Lipinski definition) is 3. The molecule has 42 heavy (non-hydrogen) atoms. The Kier molecular flexibility index (Phi) is 7.32. The fourth-order valence-corrected chi connectivity index (χ4v) is 4.68. The van der Waals surface area contributed by atoms with E-state index in [1.165, 1.54) is 12.1 Å². The van der Waals surface area contributed by atoms with Crippen molar-refractivity contribution < 1.29 is 13.9 Å². The third-order valence-corrected chi connectivity index (χ3v) is 6.81. The molecule has 0 atom stereocenters. The summed E-state index contributed by atoms with van der Waals surface area (Å²) in [5.74, 6) is 0.545. The zero-order chi connectivity index (χ0) is 29.2. The van der Waals surface area contributed by atoms with Gasteiger partial charge in [-0.2, -0.15) is 5.10 Å². The highest BCUT2D eigenvalue weighted by molar-refractivity contribution is 5.98. The van der Waals surface area contributed by atoms with Crippen molar-refractivity contribution in [2.75, 3.05) is 32.6 Å². The van der Waals surface area contributed by atoms with Crippen LogP contribution in [0.25, 0.3) is 55.8 Å². The molecule has 3 N–H and O–H groups in total. The van der Waals surface area contributed by atoms with Gasteiger partial charge in [0.2, 0.25) is 5.91 Å². The Morgan fingerprint density at radius 2 is 1.93 bits per heavy atom. The molecule has 0 aliphatic carbocycles. The Bertz CT molecular complexity index is 1910. The number of carbonyl (C=O) groups is 1. The SMILES string of the molecule is CCC(=O)Nc1cncc(-c2cc3c(-c4nc5c(-c6cc(F)cc(OCCN(C)C)c6)cccc5[nH]4)n[nH]c3cn2)c1. The van der Waals surface area contributed by atoms with Gasteiger partial charge in [-0.3, -0.25) is 19.9 Å². The van der Waals surface area contributed by atoms with Crippen LogP contribution in [0.1, 0.15) is 13.3 Å². The van der Waals surface area contributed by atoms with Crippen LogP contribution in [0, 0.1) is 5.82 Å². The zero-order valence-electron chi connectivity index (χ0n) is 23.4. The Morgan fingerprint density at radius 1 is 1.05 bits per heavy atom. The fraction of sp³-hybridized carbons (Fsp3) is 0.194. The Hall–Kier alpha value is -5.16. The number of hydrogen-bond acceptors (Lipinski definition) is 7. The first-order valence-corrected chi connectivity index (χ1v) is 13.5. The largest absolute Gasteiger partial charge is 0.492 e. The second-order valence-electron chi connectivity index (χ2n) is 10.2. The highest BCUT2D eigenvalue weighted by atomic mass is 19.1. The number of aromatic nitrogens is 6. The first-order valence-electron chi connectivity index (χ1n) is 13.5. The van der Waals surface area contributed by atoms with Crippen molar-refractivity contribution >= 4 is 33.5 Å². The van der Waals surface area contributed by atoms with E-state index in [1.54, 1.807) is 25.5 Å². The number of pyridine rings is 2. The molecule has 6 rings (SSSR count). The van der Waals surface area contributed by atoms with Crippen LogP contribution in [0.3, 0.4) is 0 Å². The van der Waals surface area contributed by atoms with Gasteiger partial charge in [-0.25, -0.2) is 9.37 Å². The van der Waals surface area contributed by atoms with Crippen LogP contribution < -0.4 is 10.1 Å². The van der Waals surface area contributed by atoms with Gasteiger partial charge in [-0.15, -0.1) is 0 Å². The molecule has 0 bridgehead atoms. The maximum absolute atomic E-state index is 14.6. The predicted octanol–water partition coefficient (Wildman–Crippen LogP) is 5.66. The second kappa shape index (κ2) is 11.4. The number of imidazole rings is 1.